The maximum Gasteiger partial charge on any atom is 0.338 e. The number of benzene rings is 2. The zero-order chi connectivity index (χ0) is 19.6. The summed E-state index contributed by atoms with van der Waals surface area (Å²) < 4.78 is 9.95. The smallest absolute Gasteiger partial charge is 0.338 e. The fraction of sp³-hybridized carbons (Fsp3) is 0.200. The first-order chi connectivity index (χ1) is 12.9. The molecule has 1 N–H and O–H groups in total. The number of methoxy groups -OCH3 is 1. The fourth-order valence-corrected chi connectivity index (χ4v) is 2.76. The second-order valence-corrected chi connectivity index (χ2v) is 6.13. The zero-order valence-electron chi connectivity index (χ0n) is 15.2. The Balaban J connectivity index is 1.85. The van der Waals surface area contributed by atoms with Crippen molar-refractivity contribution in [1.29, 1.82) is 0 Å². The van der Waals surface area contributed by atoms with Crippen molar-refractivity contribution in [1.82, 2.24) is 9.97 Å². The number of esters is 2. The van der Waals surface area contributed by atoms with Gasteiger partial charge < -0.3 is 14.5 Å². The second-order valence-electron chi connectivity index (χ2n) is 6.13. The Morgan fingerprint density at radius 3 is 2.56 bits per heavy atom. The summed E-state index contributed by atoms with van der Waals surface area (Å²) in [6, 6.07) is 9.87. The van der Waals surface area contributed by atoms with E-state index in [-0.39, 0.29) is 23.6 Å². The summed E-state index contributed by atoms with van der Waals surface area (Å²) in [5.74, 6) is -0.840. The first-order valence-corrected chi connectivity index (χ1v) is 8.24. The lowest BCUT2D eigenvalue weighted by atomic mass is 10.1. The van der Waals surface area contributed by atoms with Crippen LogP contribution in [0.25, 0.3) is 10.9 Å². The Morgan fingerprint density at radius 2 is 1.85 bits per heavy atom. The Labute approximate surface area is 155 Å². The number of nitrogens with zero attached hydrogens (tertiary/aromatic N) is 1. The molecule has 138 valence electrons. The Morgan fingerprint density at radius 1 is 1.07 bits per heavy atom. The number of hydrogen-bond donors (Lipinski definition) is 1. The quantitative estimate of drug-likeness (QED) is 0.713. The third-order valence-electron chi connectivity index (χ3n) is 4.12. The molecule has 0 spiro atoms. The number of ether oxygens (including phenoxy) is 2. The second kappa shape index (κ2) is 7.41. The Bertz CT molecular complexity index is 1100. The molecule has 1 heterocycles. The van der Waals surface area contributed by atoms with Crippen LogP contribution < -0.4 is 5.56 Å². The standard InChI is InChI=1S/C20H18N2O5/c1-11-4-6-14(12(2)8-11)20(25)27-10-17-21-16-9-13(19(24)26-3)5-7-15(16)18(23)22-17/h4-9H,10H2,1-3H3,(H,21,22,23). The molecule has 0 radical (unpaired) electrons. The highest BCUT2D eigenvalue weighted by Crippen LogP contribution is 2.14. The minimum atomic E-state index is -0.526. The van der Waals surface area contributed by atoms with Gasteiger partial charge in [-0.05, 0) is 43.7 Å². The average molecular weight is 366 g/mol. The van der Waals surface area contributed by atoms with E-state index >= 15 is 0 Å². The molecule has 0 amide bonds. The topological polar surface area (TPSA) is 98.4 Å². The van der Waals surface area contributed by atoms with Crippen LogP contribution in [-0.2, 0) is 16.1 Å². The molecule has 0 aliphatic heterocycles. The number of rotatable bonds is 4. The molecule has 2 aromatic carbocycles. The molecule has 3 aromatic rings. The highest BCUT2D eigenvalue weighted by Gasteiger charge is 2.13. The Hall–Kier alpha value is -3.48. The van der Waals surface area contributed by atoms with Crippen LogP contribution in [-0.4, -0.2) is 29.0 Å². The van der Waals surface area contributed by atoms with Crippen LogP contribution in [0.1, 0.15) is 37.7 Å². The number of nitrogens with one attached hydrogen (secondary N) is 1. The summed E-state index contributed by atoms with van der Waals surface area (Å²) in [6.07, 6.45) is 0. The van der Waals surface area contributed by atoms with Crippen molar-refractivity contribution in [3.8, 4) is 0 Å². The monoisotopic (exact) mass is 366 g/mol. The number of fused-ring (bicyclic) bond motifs is 1. The van der Waals surface area contributed by atoms with Crippen molar-refractivity contribution < 1.29 is 19.1 Å². The minimum Gasteiger partial charge on any atom is -0.465 e. The summed E-state index contributed by atoms with van der Waals surface area (Å²) in [4.78, 5) is 43.0. The molecule has 0 atom stereocenters. The number of aromatic nitrogens is 2. The number of H-pyrrole nitrogens is 1. The number of aryl methyl sites for hydroxylation is 2. The molecule has 7 nitrogen and oxygen atoms in total. The van der Waals surface area contributed by atoms with Gasteiger partial charge in [0.1, 0.15) is 12.4 Å². The van der Waals surface area contributed by atoms with Gasteiger partial charge in [-0.2, -0.15) is 0 Å². The lowest BCUT2D eigenvalue weighted by molar-refractivity contribution is 0.0461. The average Bonchev–Trinajstić information content (AvgIpc) is 2.65. The number of aromatic amines is 1. The van der Waals surface area contributed by atoms with E-state index < -0.39 is 11.9 Å². The van der Waals surface area contributed by atoms with E-state index in [1.807, 2.05) is 26.0 Å². The molecule has 0 fully saturated rings. The van der Waals surface area contributed by atoms with Crippen LogP contribution in [0.3, 0.4) is 0 Å². The van der Waals surface area contributed by atoms with Crippen molar-refractivity contribution in [2.75, 3.05) is 7.11 Å². The molecule has 7 heteroatoms. The molecule has 0 aliphatic carbocycles. The van der Waals surface area contributed by atoms with Gasteiger partial charge in [-0.3, -0.25) is 4.79 Å². The predicted octanol–water partition coefficient (Wildman–Crippen LogP) is 2.68. The lowest BCUT2D eigenvalue weighted by Gasteiger charge is -2.08. The molecule has 0 saturated carbocycles. The van der Waals surface area contributed by atoms with Crippen molar-refractivity contribution in [3.05, 3.63) is 74.8 Å². The van der Waals surface area contributed by atoms with Crippen molar-refractivity contribution in [2.24, 2.45) is 0 Å². The van der Waals surface area contributed by atoms with Crippen LogP contribution in [0.15, 0.2) is 41.2 Å². The Kier molecular flexibility index (Phi) is 5.03. The third-order valence-corrected chi connectivity index (χ3v) is 4.12. The minimum absolute atomic E-state index is 0.188. The van der Waals surface area contributed by atoms with E-state index in [1.165, 1.54) is 25.3 Å². The fourth-order valence-electron chi connectivity index (χ4n) is 2.76. The van der Waals surface area contributed by atoms with Gasteiger partial charge in [0.2, 0.25) is 0 Å². The molecular weight excluding hydrogens is 348 g/mol. The summed E-state index contributed by atoms with van der Waals surface area (Å²) >= 11 is 0. The normalized spacial score (nSPS) is 10.6. The molecule has 3 rings (SSSR count). The molecular formula is C20H18N2O5. The van der Waals surface area contributed by atoms with E-state index in [9.17, 15) is 14.4 Å². The van der Waals surface area contributed by atoms with E-state index in [0.29, 0.717) is 16.5 Å². The van der Waals surface area contributed by atoms with Crippen LogP contribution in [0.5, 0.6) is 0 Å². The number of carbonyl (C=O) groups excluding carboxylic acids is 2. The summed E-state index contributed by atoms with van der Waals surface area (Å²) in [5.41, 5.74) is 2.53. The third kappa shape index (κ3) is 3.87. The molecule has 27 heavy (non-hydrogen) atoms. The van der Waals surface area contributed by atoms with Gasteiger partial charge in [-0.25, -0.2) is 14.6 Å². The predicted molar refractivity (Wildman–Crippen MR) is 98.7 cm³/mol. The van der Waals surface area contributed by atoms with Crippen LogP contribution in [0, 0.1) is 13.8 Å². The largest absolute Gasteiger partial charge is 0.465 e. The van der Waals surface area contributed by atoms with E-state index in [0.717, 1.165) is 11.1 Å². The van der Waals surface area contributed by atoms with Crippen molar-refractivity contribution in [2.45, 2.75) is 20.5 Å². The van der Waals surface area contributed by atoms with Crippen LogP contribution in [0.2, 0.25) is 0 Å². The SMILES string of the molecule is COC(=O)c1ccc2c(=O)[nH]c(COC(=O)c3ccc(C)cc3C)nc2c1. The summed E-state index contributed by atoms with van der Waals surface area (Å²) in [5, 5.41) is 0.326. The number of hydrogen-bond acceptors (Lipinski definition) is 6. The maximum atomic E-state index is 12.3. The van der Waals surface area contributed by atoms with Gasteiger partial charge in [0, 0.05) is 0 Å². The van der Waals surface area contributed by atoms with Crippen LogP contribution in [0.4, 0.5) is 0 Å². The molecule has 0 aliphatic rings. The zero-order valence-corrected chi connectivity index (χ0v) is 15.2. The van der Waals surface area contributed by atoms with Crippen molar-refractivity contribution >= 4 is 22.8 Å². The first kappa shape index (κ1) is 18.3. The van der Waals surface area contributed by atoms with E-state index in [1.54, 1.807) is 6.07 Å². The highest BCUT2D eigenvalue weighted by molar-refractivity contribution is 5.94. The molecule has 0 bridgehead atoms. The summed E-state index contributed by atoms with van der Waals surface area (Å²) in [7, 11) is 1.27. The highest BCUT2D eigenvalue weighted by atomic mass is 16.5. The van der Waals surface area contributed by atoms with Gasteiger partial charge in [-0.1, -0.05) is 17.7 Å². The van der Waals surface area contributed by atoms with E-state index in [2.05, 4.69) is 14.7 Å². The van der Waals surface area contributed by atoms with Gasteiger partial charge in [-0.15, -0.1) is 0 Å². The molecule has 0 saturated heterocycles. The van der Waals surface area contributed by atoms with Gasteiger partial charge in [0.15, 0.2) is 0 Å². The lowest BCUT2D eigenvalue weighted by Crippen LogP contribution is -2.15. The van der Waals surface area contributed by atoms with Crippen LogP contribution >= 0.6 is 0 Å². The summed E-state index contributed by atoms with van der Waals surface area (Å²) in [6.45, 7) is 3.57. The van der Waals surface area contributed by atoms with Crippen molar-refractivity contribution in [3.63, 3.8) is 0 Å². The molecule has 1 aromatic heterocycles. The van der Waals surface area contributed by atoms with Gasteiger partial charge in [0.05, 0.1) is 29.1 Å². The molecule has 0 unspecified atom stereocenters. The first-order valence-electron chi connectivity index (χ1n) is 8.24. The van der Waals surface area contributed by atoms with Gasteiger partial charge in [0.25, 0.3) is 5.56 Å². The van der Waals surface area contributed by atoms with E-state index in [4.69, 9.17) is 4.74 Å². The number of carbonyl (C=O) groups is 2. The van der Waals surface area contributed by atoms with Gasteiger partial charge >= 0.3 is 11.9 Å². The maximum absolute atomic E-state index is 12.3.